The fourth-order valence-corrected chi connectivity index (χ4v) is 2.25. The molecule has 1 aliphatic rings. The molecule has 0 saturated carbocycles. The third-order valence-corrected chi connectivity index (χ3v) is 3.06. The van der Waals surface area contributed by atoms with Crippen molar-refractivity contribution >= 4 is 0 Å². The molecule has 0 amide bonds. The third kappa shape index (κ3) is 1.90. The highest BCUT2D eigenvalue weighted by Gasteiger charge is 2.18. The first kappa shape index (κ1) is 9.53. The van der Waals surface area contributed by atoms with E-state index in [1.807, 2.05) is 12.1 Å². The zero-order valence-corrected chi connectivity index (χ0v) is 8.24. The number of hydrogen-bond donors (Lipinski definition) is 2. The predicted octanol–water partition coefficient (Wildman–Crippen LogP) is 1.88. The lowest BCUT2D eigenvalue weighted by Crippen LogP contribution is -2.15. The van der Waals surface area contributed by atoms with Crippen molar-refractivity contribution in [1.82, 2.24) is 0 Å². The van der Waals surface area contributed by atoms with E-state index < -0.39 is 0 Å². The molecule has 0 fully saturated rings. The maximum atomic E-state index is 9.36. The van der Waals surface area contributed by atoms with Gasteiger partial charge in [-0.2, -0.15) is 0 Å². The number of fused-ring (bicyclic) bond motifs is 1. The normalized spacial score (nSPS) is 20.5. The molecule has 0 bridgehead atoms. The van der Waals surface area contributed by atoms with E-state index in [-0.39, 0.29) is 6.61 Å². The molecule has 76 valence electrons. The highest BCUT2D eigenvalue weighted by molar-refractivity contribution is 5.36. The van der Waals surface area contributed by atoms with Crippen molar-refractivity contribution in [3.05, 3.63) is 29.3 Å². The first-order valence-corrected chi connectivity index (χ1v) is 5.21. The van der Waals surface area contributed by atoms with Crippen LogP contribution < -0.4 is 0 Å². The number of aromatic hydroxyl groups is 1. The maximum Gasteiger partial charge on any atom is 0.115 e. The molecule has 0 saturated heterocycles. The van der Waals surface area contributed by atoms with E-state index in [2.05, 4.69) is 0 Å². The molecular weight excluding hydrogens is 176 g/mol. The number of hydrogen-bond acceptors (Lipinski definition) is 2. The van der Waals surface area contributed by atoms with Gasteiger partial charge in [0, 0.05) is 6.61 Å². The molecular formula is C12H16O2. The Morgan fingerprint density at radius 3 is 2.93 bits per heavy atom. The second-order valence-electron chi connectivity index (χ2n) is 4.07. The SMILES string of the molecule is OCCC1CCc2ccc(O)cc2C1. The average Bonchev–Trinajstić information content (AvgIpc) is 2.17. The number of aryl methyl sites for hydroxylation is 1. The highest BCUT2D eigenvalue weighted by atomic mass is 16.3. The van der Waals surface area contributed by atoms with Crippen molar-refractivity contribution in [2.75, 3.05) is 6.61 Å². The summed E-state index contributed by atoms with van der Waals surface area (Å²) in [5.74, 6) is 0.947. The first-order valence-electron chi connectivity index (χ1n) is 5.21. The van der Waals surface area contributed by atoms with E-state index in [1.54, 1.807) is 6.07 Å². The minimum Gasteiger partial charge on any atom is -0.508 e. The summed E-state index contributed by atoms with van der Waals surface area (Å²) in [6.07, 6.45) is 4.14. The van der Waals surface area contributed by atoms with Gasteiger partial charge < -0.3 is 10.2 Å². The van der Waals surface area contributed by atoms with Crippen LogP contribution in [0.3, 0.4) is 0 Å². The minimum absolute atomic E-state index is 0.277. The summed E-state index contributed by atoms with van der Waals surface area (Å²) in [6, 6.07) is 5.63. The zero-order valence-electron chi connectivity index (χ0n) is 8.24. The lowest BCUT2D eigenvalue weighted by molar-refractivity contribution is 0.248. The number of benzene rings is 1. The van der Waals surface area contributed by atoms with Gasteiger partial charge in [-0.15, -0.1) is 0 Å². The van der Waals surface area contributed by atoms with Crippen LogP contribution in [-0.4, -0.2) is 16.8 Å². The highest BCUT2D eigenvalue weighted by Crippen LogP contribution is 2.29. The van der Waals surface area contributed by atoms with Crippen molar-refractivity contribution in [2.45, 2.75) is 25.7 Å². The van der Waals surface area contributed by atoms with Crippen molar-refractivity contribution in [3.63, 3.8) is 0 Å². The van der Waals surface area contributed by atoms with Crippen LogP contribution in [0.15, 0.2) is 18.2 Å². The Balaban J connectivity index is 2.16. The molecule has 1 atom stereocenters. The van der Waals surface area contributed by atoms with Gasteiger partial charge in [0.15, 0.2) is 0 Å². The molecule has 0 radical (unpaired) electrons. The van der Waals surface area contributed by atoms with Crippen LogP contribution in [0, 0.1) is 5.92 Å². The molecule has 1 aliphatic carbocycles. The topological polar surface area (TPSA) is 40.5 Å². The van der Waals surface area contributed by atoms with Crippen LogP contribution in [0.1, 0.15) is 24.0 Å². The lowest BCUT2D eigenvalue weighted by Gasteiger charge is -2.23. The quantitative estimate of drug-likeness (QED) is 0.751. The van der Waals surface area contributed by atoms with Crippen molar-refractivity contribution in [3.8, 4) is 5.75 Å². The van der Waals surface area contributed by atoms with Crippen molar-refractivity contribution in [1.29, 1.82) is 0 Å². The van der Waals surface area contributed by atoms with Crippen LogP contribution in [0.2, 0.25) is 0 Å². The Morgan fingerprint density at radius 1 is 1.29 bits per heavy atom. The Hall–Kier alpha value is -1.02. The largest absolute Gasteiger partial charge is 0.508 e. The molecule has 0 spiro atoms. The fourth-order valence-electron chi connectivity index (χ4n) is 2.25. The van der Waals surface area contributed by atoms with E-state index in [9.17, 15) is 5.11 Å². The Morgan fingerprint density at radius 2 is 2.14 bits per heavy atom. The molecule has 2 N–H and O–H groups in total. The number of phenolic OH excluding ortho intramolecular Hbond substituents is 1. The van der Waals surface area contributed by atoms with E-state index in [0.29, 0.717) is 11.7 Å². The average molecular weight is 192 g/mol. The van der Waals surface area contributed by atoms with E-state index in [1.165, 1.54) is 17.5 Å². The monoisotopic (exact) mass is 192 g/mol. The van der Waals surface area contributed by atoms with Gasteiger partial charge >= 0.3 is 0 Å². The molecule has 0 aliphatic heterocycles. The summed E-state index contributed by atoms with van der Waals surface area (Å²) in [4.78, 5) is 0. The Bertz CT molecular complexity index is 320. The molecule has 1 unspecified atom stereocenters. The predicted molar refractivity (Wildman–Crippen MR) is 55.3 cm³/mol. The van der Waals surface area contributed by atoms with Crippen molar-refractivity contribution < 1.29 is 10.2 Å². The summed E-state index contributed by atoms with van der Waals surface area (Å²) in [5, 5.41) is 18.2. The van der Waals surface area contributed by atoms with Crippen LogP contribution in [0.25, 0.3) is 0 Å². The molecule has 0 heterocycles. The van der Waals surface area contributed by atoms with Gasteiger partial charge in [-0.3, -0.25) is 0 Å². The molecule has 2 rings (SSSR count). The molecule has 0 aromatic heterocycles. The molecule has 1 aromatic rings. The summed E-state index contributed by atoms with van der Waals surface area (Å²) in [7, 11) is 0. The summed E-state index contributed by atoms with van der Waals surface area (Å²) in [5.41, 5.74) is 2.62. The number of aliphatic hydroxyl groups excluding tert-OH is 1. The van der Waals surface area contributed by atoms with E-state index in [0.717, 1.165) is 19.3 Å². The first-order chi connectivity index (χ1) is 6.79. The van der Waals surface area contributed by atoms with Gasteiger partial charge in [0.2, 0.25) is 0 Å². The summed E-state index contributed by atoms with van der Waals surface area (Å²) in [6.45, 7) is 0.277. The van der Waals surface area contributed by atoms with Crippen LogP contribution in [0.4, 0.5) is 0 Å². The summed E-state index contributed by atoms with van der Waals surface area (Å²) < 4.78 is 0. The second-order valence-corrected chi connectivity index (χ2v) is 4.07. The molecule has 2 nitrogen and oxygen atoms in total. The second kappa shape index (κ2) is 4.01. The Labute approximate surface area is 84.2 Å². The number of aliphatic hydroxyl groups is 1. The number of phenols is 1. The smallest absolute Gasteiger partial charge is 0.115 e. The van der Waals surface area contributed by atoms with Gasteiger partial charge in [-0.1, -0.05) is 6.07 Å². The lowest BCUT2D eigenvalue weighted by atomic mass is 9.82. The van der Waals surface area contributed by atoms with Crippen molar-refractivity contribution in [2.24, 2.45) is 5.92 Å². The van der Waals surface area contributed by atoms with Gasteiger partial charge in [-0.25, -0.2) is 0 Å². The zero-order chi connectivity index (χ0) is 9.97. The number of rotatable bonds is 2. The van der Waals surface area contributed by atoms with Gasteiger partial charge in [0.1, 0.15) is 5.75 Å². The van der Waals surface area contributed by atoms with Crippen LogP contribution >= 0.6 is 0 Å². The van der Waals surface area contributed by atoms with Gasteiger partial charge in [0.25, 0.3) is 0 Å². The van der Waals surface area contributed by atoms with E-state index >= 15 is 0 Å². The van der Waals surface area contributed by atoms with Gasteiger partial charge in [0.05, 0.1) is 0 Å². The third-order valence-electron chi connectivity index (χ3n) is 3.06. The standard InChI is InChI=1S/C12H16O2/c13-6-5-9-1-2-10-3-4-12(14)8-11(10)7-9/h3-4,8-9,13-14H,1-2,5-7H2. The maximum absolute atomic E-state index is 9.36. The molecule has 2 heteroatoms. The summed E-state index contributed by atoms with van der Waals surface area (Å²) >= 11 is 0. The van der Waals surface area contributed by atoms with Crippen LogP contribution in [-0.2, 0) is 12.8 Å². The molecule has 1 aromatic carbocycles. The molecule has 14 heavy (non-hydrogen) atoms. The van der Waals surface area contributed by atoms with Gasteiger partial charge in [-0.05, 0) is 54.9 Å². The van der Waals surface area contributed by atoms with Crippen LogP contribution in [0.5, 0.6) is 5.75 Å². The minimum atomic E-state index is 0.277. The Kier molecular flexibility index (Phi) is 2.73. The van der Waals surface area contributed by atoms with E-state index in [4.69, 9.17) is 5.11 Å². The fraction of sp³-hybridized carbons (Fsp3) is 0.500.